The third kappa shape index (κ3) is 5.18. The number of hydrogen-bond donors (Lipinski definition) is 0. The minimum atomic E-state index is 0.484. The third-order valence-electron chi connectivity index (χ3n) is 7.00. The van der Waals surface area contributed by atoms with Crippen LogP contribution in [-0.2, 0) is 13.1 Å². The van der Waals surface area contributed by atoms with Gasteiger partial charge >= 0.3 is 0 Å². The Morgan fingerprint density at radius 3 is 2.38 bits per heavy atom. The topological polar surface area (TPSA) is 57.3 Å². The molecule has 3 aromatic rings. The highest BCUT2D eigenvalue weighted by atomic mass is 32.1. The fourth-order valence-electron chi connectivity index (χ4n) is 4.85. The smallest absolute Gasteiger partial charge is 0.199 e. The van der Waals surface area contributed by atoms with E-state index in [4.69, 9.17) is 26.8 Å². The van der Waals surface area contributed by atoms with Crippen LogP contribution in [0.15, 0.2) is 42.7 Å². The number of hydrogen-bond acceptors (Lipinski definition) is 6. The van der Waals surface area contributed by atoms with E-state index in [1.165, 1.54) is 37.7 Å². The van der Waals surface area contributed by atoms with E-state index in [0.717, 1.165) is 59.8 Å². The predicted molar refractivity (Wildman–Crippen MR) is 135 cm³/mol. The maximum atomic E-state index is 5.85. The number of aromatic nitrogens is 4. The van der Waals surface area contributed by atoms with E-state index >= 15 is 0 Å². The van der Waals surface area contributed by atoms with Gasteiger partial charge in [-0.1, -0.05) is 0 Å². The molecule has 180 valence electrons. The van der Waals surface area contributed by atoms with Crippen molar-refractivity contribution in [3.63, 3.8) is 0 Å². The van der Waals surface area contributed by atoms with E-state index in [9.17, 15) is 0 Å². The summed E-state index contributed by atoms with van der Waals surface area (Å²) in [5.41, 5.74) is 2.31. The van der Waals surface area contributed by atoms with E-state index < -0.39 is 0 Å². The van der Waals surface area contributed by atoms with Crippen molar-refractivity contribution in [1.82, 2.24) is 24.2 Å². The number of ether oxygens (including phenoxy) is 2. The first-order chi connectivity index (χ1) is 16.6. The number of nitrogens with zero attached hydrogens (tertiary/aromatic N) is 5. The molecule has 0 unspecified atom stereocenters. The molecule has 2 fully saturated rings. The molecule has 34 heavy (non-hydrogen) atoms. The Hall–Kier alpha value is -2.71. The van der Waals surface area contributed by atoms with Crippen LogP contribution in [0.4, 0.5) is 0 Å². The molecule has 7 nitrogen and oxygen atoms in total. The van der Waals surface area contributed by atoms with Crippen LogP contribution in [-0.4, -0.2) is 51.5 Å². The highest BCUT2D eigenvalue weighted by Crippen LogP contribution is 2.38. The Kier molecular flexibility index (Phi) is 6.97. The van der Waals surface area contributed by atoms with E-state index in [-0.39, 0.29) is 0 Å². The van der Waals surface area contributed by atoms with Gasteiger partial charge in [0.15, 0.2) is 10.6 Å². The first-order valence-corrected chi connectivity index (χ1v) is 12.6. The second-order valence-corrected chi connectivity index (χ2v) is 9.78. The fourth-order valence-corrected chi connectivity index (χ4v) is 5.19. The molecule has 1 aromatic carbocycles. The lowest BCUT2D eigenvalue weighted by molar-refractivity contribution is 0.136. The molecule has 3 heterocycles. The highest BCUT2D eigenvalue weighted by Gasteiger charge is 2.29. The van der Waals surface area contributed by atoms with Crippen LogP contribution < -0.4 is 9.47 Å². The molecule has 1 aliphatic carbocycles. The summed E-state index contributed by atoms with van der Waals surface area (Å²) in [4.78, 5) is 6.77. The molecule has 8 heteroatoms. The summed E-state index contributed by atoms with van der Waals surface area (Å²) < 4.78 is 15.9. The van der Waals surface area contributed by atoms with Crippen LogP contribution in [0.25, 0.3) is 11.4 Å². The molecule has 5 rings (SSSR count). The van der Waals surface area contributed by atoms with Gasteiger partial charge in [-0.2, -0.15) is 5.10 Å². The number of pyridine rings is 1. The lowest BCUT2D eigenvalue weighted by Crippen LogP contribution is -2.35. The van der Waals surface area contributed by atoms with Crippen LogP contribution in [0.2, 0.25) is 0 Å². The molecule has 0 N–H and O–H groups in total. The summed E-state index contributed by atoms with van der Waals surface area (Å²) in [5.74, 6) is 3.40. The summed E-state index contributed by atoms with van der Waals surface area (Å²) in [5, 5.41) is 4.93. The van der Waals surface area contributed by atoms with E-state index in [2.05, 4.69) is 32.7 Å². The second kappa shape index (κ2) is 10.3. The summed E-state index contributed by atoms with van der Waals surface area (Å²) in [7, 11) is 3.40. The molecule has 1 saturated heterocycles. The Balaban J connectivity index is 1.19. The first-order valence-electron chi connectivity index (χ1n) is 12.2. The van der Waals surface area contributed by atoms with Gasteiger partial charge in [-0.15, -0.1) is 0 Å². The van der Waals surface area contributed by atoms with Gasteiger partial charge in [0.2, 0.25) is 0 Å². The molecule has 0 bridgehead atoms. The number of rotatable bonds is 9. The van der Waals surface area contributed by atoms with Gasteiger partial charge in [-0.3, -0.25) is 14.5 Å². The first kappa shape index (κ1) is 23.1. The number of aryl methyl sites for hydroxylation is 1. The monoisotopic (exact) mass is 479 g/mol. The van der Waals surface area contributed by atoms with Crippen molar-refractivity contribution in [2.24, 2.45) is 5.92 Å². The minimum absolute atomic E-state index is 0.484. The molecular formula is C26H33N5O2S. The predicted octanol–water partition coefficient (Wildman–Crippen LogP) is 5.13. The molecular weight excluding hydrogens is 446 g/mol. The van der Waals surface area contributed by atoms with Gasteiger partial charge < -0.3 is 9.47 Å². The van der Waals surface area contributed by atoms with Gasteiger partial charge in [-0.05, 0) is 86.5 Å². The zero-order valence-corrected chi connectivity index (χ0v) is 20.8. The van der Waals surface area contributed by atoms with Crippen LogP contribution in [0.3, 0.4) is 0 Å². The van der Waals surface area contributed by atoms with Gasteiger partial charge in [0.1, 0.15) is 11.5 Å². The van der Waals surface area contributed by atoms with Crippen LogP contribution in [0, 0.1) is 10.7 Å². The van der Waals surface area contributed by atoms with Gasteiger partial charge in [-0.25, -0.2) is 4.68 Å². The Bertz CT molecular complexity index is 1140. The van der Waals surface area contributed by atoms with E-state index in [1.54, 1.807) is 20.4 Å². The fraction of sp³-hybridized carbons (Fsp3) is 0.500. The Morgan fingerprint density at radius 2 is 1.76 bits per heavy atom. The molecule has 0 amide bonds. The lowest BCUT2D eigenvalue weighted by Gasteiger charge is -2.31. The molecule has 0 atom stereocenters. The SMILES string of the molecule is COc1cc(CCC2CCN(Cn3nc(-c4cccnc4)n(C4CC4)c3=S)CC2)cc(OC)c1. The summed E-state index contributed by atoms with van der Waals surface area (Å²) in [6, 6.07) is 10.7. The van der Waals surface area contributed by atoms with Crippen LogP contribution >= 0.6 is 12.2 Å². The van der Waals surface area contributed by atoms with E-state index in [0.29, 0.717) is 6.04 Å². The zero-order chi connectivity index (χ0) is 23.5. The summed E-state index contributed by atoms with van der Waals surface area (Å²) in [6.07, 6.45) is 10.7. The van der Waals surface area contributed by atoms with Crippen LogP contribution in [0.5, 0.6) is 11.5 Å². The number of benzene rings is 1. The molecule has 2 aromatic heterocycles. The van der Waals surface area contributed by atoms with Crippen molar-refractivity contribution < 1.29 is 9.47 Å². The van der Waals surface area contributed by atoms with Gasteiger partial charge in [0.25, 0.3) is 0 Å². The Labute approximate surface area is 206 Å². The quantitative estimate of drug-likeness (QED) is 0.397. The highest BCUT2D eigenvalue weighted by molar-refractivity contribution is 7.71. The third-order valence-corrected chi connectivity index (χ3v) is 7.40. The largest absolute Gasteiger partial charge is 0.497 e. The molecule has 0 spiro atoms. The minimum Gasteiger partial charge on any atom is -0.497 e. The number of methoxy groups -OCH3 is 2. The molecule has 1 aliphatic heterocycles. The average Bonchev–Trinajstić information content (AvgIpc) is 3.67. The van der Waals surface area contributed by atoms with E-state index in [1.807, 2.05) is 23.0 Å². The van der Waals surface area contributed by atoms with Crippen molar-refractivity contribution >= 4 is 12.2 Å². The summed E-state index contributed by atoms with van der Waals surface area (Å²) >= 11 is 5.85. The standard InChI is InChI=1S/C26H33N5O2S/c1-32-23-14-20(15-24(16-23)33-2)6-5-19-9-12-29(13-10-19)18-30-26(34)31(22-7-8-22)25(28-30)21-4-3-11-27-17-21/h3-4,11,14-17,19,22H,5-10,12-13,18H2,1-2H3. The van der Waals surface area contributed by atoms with Crippen LogP contribution in [0.1, 0.15) is 43.7 Å². The normalized spacial score (nSPS) is 17.1. The maximum Gasteiger partial charge on any atom is 0.199 e. The van der Waals surface area contributed by atoms with Crippen molar-refractivity contribution in [3.05, 3.63) is 53.1 Å². The van der Waals surface area contributed by atoms with Crippen molar-refractivity contribution in [2.45, 2.75) is 51.2 Å². The van der Waals surface area contributed by atoms with Gasteiger partial charge in [0.05, 0.1) is 20.9 Å². The molecule has 2 aliphatic rings. The zero-order valence-electron chi connectivity index (χ0n) is 20.0. The second-order valence-electron chi connectivity index (χ2n) is 9.41. The van der Waals surface area contributed by atoms with Crippen molar-refractivity contribution in [1.29, 1.82) is 0 Å². The Morgan fingerprint density at radius 1 is 1.03 bits per heavy atom. The van der Waals surface area contributed by atoms with Crippen molar-refractivity contribution in [2.75, 3.05) is 27.3 Å². The molecule has 1 saturated carbocycles. The maximum absolute atomic E-state index is 5.85. The lowest BCUT2D eigenvalue weighted by atomic mass is 9.90. The van der Waals surface area contributed by atoms with Gasteiger partial charge in [0, 0.05) is 43.2 Å². The van der Waals surface area contributed by atoms with Crippen molar-refractivity contribution in [3.8, 4) is 22.9 Å². The molecule has 0 radical (unpaired) electrons. The summed E-state index contributed by atoms with van der Waals surface area (Å²) in [6.45, 7) is 2.91. The number of piperidine rings is 1. The number of likely N-dealkylation sites (tertiary alicyclic amines) is 1. The average molecular weight is 480 g/mol.